The van der Waals surface area contributed by atoms with Crippen LogP contribution in [0.3, 0.4) is 0 Å². The number of nitrogens with one attached hydrogen (secondary N) is 2. The molecule has 5 heteroatoms. The van der Waals surface area contributed by atoms with Gasteiger partial charge in [0.15, 0.2) is 5.96 Å². The van der Waals surface area contributed by atoms with Gasteiger partial charge in [0.05, 0.1) is 0 Å². The first-order valence-corrected chi connectivity index (χ1v) is 9.20. The highest BCUT2D eigenvalue weighted by atomic mass is 16.5. The summed E-state index contributed by atoms with van der Waals surface area (Å²) in [7, 11) is 1.80. The summed E-state index contributed by atoms with van der Waals surface area (Å²) in [5.41, 5.74) is 2.53. The van der Waals surface area contributed by atoms with E-state index in [2.05, 4.69) is 70.8 Å². The fourth-order valence-corrected chi connectivity index (χ4v) is 2.66. The Bertz CT molecular complexity index is 561. The Kier molecular flexibility index (Phi) is 8.32. The van der Waals surface area contributed by atoms with Gasteiger partial charge in [0.1, 0.15) is 0 Å². The summed E-state index contributed by atoms with van der Waals surface area (Å²) in [5, 5.41) is 6.71. The van der Waals surface area contributed by atoms with Gasteiger partial charge in [-0.3, -0.25) is 4.99 Å². The Morgan fingerprint density at radius 1 is 1.24 bits per heavy atom. The van der Waals surface area contributed by atoms with E-state index in [1.807, 2.05) is 0 Å². The van der Waals surface area contributed by atoms with E-state index in [0.29, 0.717) is 5.92 Å². The van der Waals surface area contributed by atoms with E-state index in [4.69, 9.17) is 4.74 Å². The molecule has 138 valence electrons. The van der Waals surface area contributed by atoms with Crippen LogP contribution in [0.2, 0.25) is 0 Å². The van der Waals surface area contributed by atoms with Crippen LogP contribution in [0.4, 0.5) is 5.69 Å². The van der Waals surface area contributed by atoms with Crippen LogP contribution in [-0.2, 0) is 11.3 Å². The molecule has 0 bridgehead atoms. The largest absolute Gasteiger partial charge is 0.381 e. The summed E-state index contributed by atoms with van der Waals surface area (Å²) in [4.78, 5) is 6.64. The van der Waals surface area contributed by atoms with Gasteiger partial charge < -0.3 is 20.3 Å². The van der Waals surface area contributed by atoms with Gasteiger partial charge in [-0.05, 0) is 30.0 Å². The van der Waals surface area contributed by atoms with E-state index in [9.17, 15) is 0 Å². The number of benzene rings is 1. The quantitative estimate of drug-likeness (QED) is 0.313. The molecular weight excluding hydrogens is 312 g/mol. The fourth-order valence-electron chi connectivity index (χ4n) is 2.66. The van der Waals surface area contributed by atoms with E-state index >= 15 is 0 Å². The summed E-state index contributed by atoms with van der Waals surface area (Å²) in [6.45, 7) is 9.57. The Hall–Kier alpha value is -2.01. The van der Waals surface area contributed by atoms with Crippen LogP contribution in [0.5, 0.6) is 0 Å². The Balaban J connectivity index is 1.69. The zero-order valence-corrected chi connectivity index (χ0v) is 15.8. The van der Waals surface area contributed by atoms with E-state index in [0.717, 1.165) is 51.8 Å². The van der Waals surface area contributed by atoms with Gasteiger partial charge in [0, 0.05) is 52.1 Å². The van der Waals surface area contributed by atoms with Crippen LogP contribution in [0.25, 0.3) is 0 Å². The van der Waals surface area contributed by atoms with Crippen molar-refractivity contribution in [2.24, 2.45) is 10.9 Å². The summed E-state index contributed by atoms with van der Waals surface area (Å²) in [6.07, 6.45) is 5.40. The molecule has 0 spiro atoms. The van der Waals surface area contributed by atoms with Gasteiger partial charge in [-0.25, -0.2) is 0 Å². The third-order valence-corrected chi connectivity index (χ3v) is 3.99. The molecule has 2 N–H and O–H groups in total. The van der Waals surface area contributed by atoms with E-state index in [1.54, 1.807) is 7.05 Å². The molecule has 1 aromatic carbocycles. The highest BCUT2D eigenvalue weighted by Gasteiger charge is 2.08. The lowest BCUT2D eigenvalue weighted by atomic mass is 10.2. The van der Waals surface area contributed by atoms with Crippen LogP contribution in [0.1, 0.15) is 25.8 Å². The van der Waals surface area contributed by atoms with Crippen molar-refractivity contribution >= 4 is 11.6 Å². The van der Waals surface area contributed by atoms with Crippen LogP contribution in [0.15, 0.2) is 41.4 Å². The summed E-state index contributed by atoms with van der Waals surface area (Å²) >= 11 is 0. The van der Waals surface area contributed by atoms with Gasteiger partial charge in [0.25, 0.3) is 0 Å². The lowest BCUT2D eigenvalue weighted by molar-refractivity contribution is 0.108. The molecule has 0 saturated heterocycles. The molecule has 0 aromatic heterocycles. The number of guanidine groups is 1. The lowest BCUT2D eigenvalue weighted by Crippen LogP contribution is -2.37. The van der Waals surface area contributed by atoms with E-state index < -0.39 is 0 Å². The highest BCUT2D eigenvalue weighted by Crippen LogP contribution is 2.18. The first-order valence-electron chi connectivity index (χ1n) is 9.20. The Morgan fingerprint density at radius 3 is 2.76 bits per heavy atom. The van der Waals surface area contributed by atoms with Crippen molar-refractivity contribution < 1.29 is 4.74 Å². The molecule has 0 unspecified atom stereocenters. The molecule has 5 nitrogen and oxygen atoms in total. The van der Waals surface area contributed by atoms with Crippen LogP contribution in [-0.4, -0.2) is 45.9 Å². The van der Waals surface area contributed by atoms with Crippen LogP contribution in [0, 0.1) is 5.92 Å². The number of rotatable bonds is 9. The molecule has 0 saturated carbocycles. The zero-order valence-electron chi connectivity index (χ0n) is 15.8. The Morgan fingerprint density at radius 2 is 2.04 bits per heavy atom. The maximum Gasteiger partial charge on any atom is 0.191 e. The first kappa shape index (κ1) is 19.3. The highest BCUT2D eigenvalue weighted by molar-refractivity contribution is 5.79. The molecule has 1 aromatic rings. The lowest BCUT2D eigenvalue weighted by Gasteiger charge is -2.19. The molecule has 1 aliphatic rings. The number of hydrogen-bond acceptors (Lipinski definition) is 3. The predicted octanol–water partition coefficient (Wildman–Crippen LogP) is 2.79. The zero-order chi connectivity index (χ0) is 17.9. The minimum Gasteiger partial charge on any atom is -0.381 e. The number of hydrogen-bond donors (Lipinski definition) is 2. The van der Waals surface area contributed by atoms with Crippen molar-refractivity contribution in [2.45, 2.75) is 26.8 Å². The smallest absolute Gasteiger partial charge is 0.191 e. The monoisotopic (exact) mass is 344 g/mol. The van der Waals surface area contributed by atoms with Crippen LogP contribution < -0.4 is 15.5 Å². The third kappa shape index (κ3) is 7.18. The maximum atomic E-state index is 5.59. The molecule has 2 rings (SSSR count). The van der Waals surface area contributed by atoms with Gasteiger partial charge in [0.2, 0.25) is 0 Å². The molecule has 0 aliphatic carbocycles. The number of ether oxygens (including phenoxy) is 1. The second-order valence-corrected chi connectivity index (χ2v) is 6.72. The van der Waals surface area contributed by atoms with Gasteiger partial charge in [-0.15, -0.1) is 0 Å². The van der Waals surface area contributed by atoms with Gasteiger partial charge in [-0.1, -0.05) is 38.1 Å². The van der Waals surface area contributed by atoms with Crippen molar-refractivity contribution in [2.75, 3.05) is 44.8 Å². The predicted molar refractivity (Wildman–Crippen MR) is 106 cm³/mol. The summed E-state index contributed by atoms with van der Waals surface area (Å²) < 4.78 is 5.59. The van der Waals surface area contributed by atoms with Crippen molar-refractivity contribution in [1.82, 2.24) is 10.6 Å². The summed E-state index contributed by atoms with van der Waals surface area (Å²) in [6, 6.07) is 8.67. The fraction of sp³-hybridized carbons (Fsp3) is 0.550. The molecular formula is C20H32N4O. The topological polar surface area (TPSA) is 48.9 Å². The minimum atomic E-state index is 0.592. The first-order chi connectivity index (χ1) is 12.2. The van der Waals surface area contributed by atoms with Crippen LogP contribution >= 0.6 is 0 Å². The van der Waals surface area contributed by atoms with E-state index in [-0.39, 0.29) is 0 Å². The number of anilines is 1. The minimum absolute atomic E-state index is 0.592. The van der Waals surface area contributed by atoms with E-state index in [1.165, 1.54) is 11.3 Å². The average Bonchev–Trinajstić information content (AvgIpc) is 3.15. The third-order valence-electron chi connectivity index (χ3n) is 3.99. The van der Waals surface area contributed by atoms with Crippen molar-refractivity contribution in [3.05, 3.63) is 42.0 Å². The van der Waals surface area contributed by atoms with Crippen molar-refractivity contribution in [3.8, 4) is 0 Å². The molecule has 25 heavy (non-hydrogen) atoms. The SMILES string of the molecule is CN=C(NCCCOCC(C)C)NCc1cccc(N2CC=CC2)c1. The number of aliphatic imine (C=N–C) groups is 1. The van der Waals surface area contributed by atoms with Crippen molar-refractivity contribution in [3.63, 3.8) is 0 Å². The Labute approximate surface area is 152 Å². The molecule has 0 atom stereocenters. The number of nitrogens with zero attached hydrogens (tertiary/aromatic N) is 2. The maximum absolute atomic E-state index is 5.59. The van der Waals surface area contributed by atoms with Gasteiger partial charge >= 0.3 is 0 Å². The molecule has 1 heterocycles. The summed E-state index contributed by atoms with van der Waals surface area (Å²) in [5.74, 6) is 1.42. The van der Waals surface area contributed by atoms with Gasteiger partial charge in [-0.2, -0.15) is 0 Å². The van der Waals surface area contributed by atoms with Crippen molar-refractivity contribution in [1.29, 1.82) is 0 Å². The molecule has 0 amide bonds. The standard InChI is InChI=1S/C20H32N4O/c1-17(2)16-25-13-7-10-22-20(21-3)23-15-18-8-6-9-19(14-18)24-11-4-5-12-24/h4-6,8-9,14,17H,7,10-13,15-16H2,1-3H3,(H2,21,22,23). The molecule has 1 aliphatic heterocycles. The molecule has 0 fully saturated rings. The molecule has 0 radical (unpaired) electrons. The second kappa shape index (κ2) is 10.8. The average molecular weight is 345 g/mol. The second-order valence-electron chi connectivity index (χ2n) is 6.72. The normalized spacial score (nSPS) is 14.4.